The summed E-state index contributed by atoms with van der Waals surface area (Å²) in [5.74, 6) is -1.04. The Morgan fingerprint density at radius 1 is 1.55 bits per heavy atom. The van der Waals surface area contributed by atoms with E-state index >= 15 is 0 Å². The van der Waals surface area contributed by atoms with Gasteiger partial charge in [-0.25, -0.2) is 9.80 Å². The molecule has 108 valence electrons. The van der Waals surface area contributed by atoms with Gasteiger partial charge in [0, 0.05) is 11.9 Å². The lowest BCUT2D eigenvalue weighted by atomic mass is 10.2. The van der Waals surface area contributed by atoms with Gasteiger partial charge in [-0.05, 0) is 13.0 Å². The van der Waals surface area contributed by atoms with Crippen LogP contribution in [0, 0.1) is 6.92 Å². The number of nitrogens with one attached hydrogen (secondary N) is 2. The highest BCUT2D eigenvalue weighted by molar-refractivity contribution is 7.16. The molecule has 2 N–H and O–H groups in total. The molecule has 1 aromatic rings. The zero-order valence-electron chi connectivity index (χ0n) is 11.4. The largest absolute Gasteiger partial charge is 0.465 e. The van der Waals surface area contributed by atoms with Gasteiger partial charge in [0.25, 0.3) is 0 Å². The van der Waals surface area contributed by atoms with Crippen molar-refractivity contribution in [3.05, 3.63) is 16.5 Å². The van der Waals surface area contributed by atoms with Crippen LogP contribution in [0.5, 0.6) is 0 Å². The lowest BCUT2D eigenvalue weighted by molar-refractivity contribution is -0.121. The zero-order chi connectivity index (χ0) is 14.9. The van der Waals surface area contributed by atoms with Crippen LogP contribution in [-0.4, -0.2) is 43.0 Å². The predicted molar refractivity (Wildman–Crippen MR) is 73.3 cm³/mol. The summed E-state index contributed by atoms with van der Waals surface area (Å²) in [5, 5.41) is 4.58. The van der Waals surface area contributed by atoms with Crippen molar-refractivity contribution in [3.63, 3.8) is 0 Å². The lowest BCUT2D eigenvalue weighted by Crippen LogP contribution is -2.41. The minimum Gasteiger partial charge on any atom is -0.465 e. The maximum absolute atomic E-state index is 12.2. The first-order valence-electron chi connectivity index (χ1n) is 5.94. The Kier molecular flexibility index (Phi) is 4.05. The molecular formula is C12H15N3O4S. The van der Waals surface area contributed by atoms with Crippen molar-refractivity contribution in [1.29, 1.82) is 0 Å². The van der Waals surface area contributed by atoms with Crippen molar-refractivity contribution < 1.29 is 19.1 Å². The van der Waals surface area contributed by atoms with Gasteiger partial charge in [0.2, 0.25) is 11.8 Å². The number of likely N-dealkylation sites (N-methyl/N-ethyl adjacent to an activating group) is 1. The van der Waals surface area contributed by atoms with Gasteiger partial charge in [-0.15, -0.1) is 11.3 Å². The number of esters is 1. The Hall–Kier alpha value is -1.93. The van der Waals surface area contributed by atoms with Crippen molar-refractivity contribution in [2.24, 2.45) is 0 Å². The van der Waals surface area contributed by atoms with Gasteiger partial charge in [0.1, 0.15) is 11.0 Å². The van der Waals surface area contributed by atoms with E-state index in [-0.39, 0.29) is 18.2 Å². The maximum atomic E-state index is 12.2. The minimum absolute atomic E-state index is 0.0975. The highest BCUT2D eigenvalue weighted by Crippen LogP contribution is 2.28. The molecule has 1 saturated heterocycles. The maximum Gasteiger partial charge on any atom is 0.340 e. The molecule has 0 bridgehead atoms. The Morgan fingerprint density at radius 2 is 2.25 bits per heavy atom. The number of hydrogen-bond acceptors (Lipinski definition) is 6. The van der Waals surface area contributed by atoms with Crippen molar-refractivity contribution in [2.75, 3.05) is 19.5 Å². The third kappa shape index (κ3) is 2.81. The quantitative estimate of drug-likeness (QED) is 0.794. The number of methoxy groups -OCH3 is 1. The first kappa shape index (κ1) is 14.5. The Balaban J connectivity index is 2.16. The van der Waals surface area contributed by atoms with Crippen LogP contribution in [0.15, 0.2) is 6.07 Å². The van der Waals surface area contributed by atoms with Crippen LogP contribution in [0.1, 0.15) is 21.7 Å². The number of hydrogen-bond donors (Lipinski definition) is 2. The fraction of sp³-hybridized carbons (Fsp3) is 0.417. The van der Waals surface area contributed by atoms with E-state index in [1.807, 2.05) is 6.92 Å². The summed E-state index contributed by atoms with van der Waals surface area (Å²) in [6.07, 6.45) is 0.0975. The lowest BCUT2D eigenvalue weighted by Gasteiger charge is -2.17. The number of carbonyl (C=O) groups is 3. The van der Waals surface area contributed by atoms with Crippen LogP contribution in [-0.2, 0) is 14.3 Å². The van der Waals surface area contributed by atoms with Crippen LogP contribution in [0.25, 0.3) is 0 Å². The fourth-order valence-electron chi connectivity index (χ4n) is 1.97. The summed E-state index contributed by atoms with van der Waals surface area (Å²) in [4.78, 5) is 35.9. The Bertz CT molecular complexity index is 569. The predicted octanol–water partition coefficient (Wildman–Crippen LogP) is 0.517. The number of thiophene rings is 1. The topological polar surface area (TPSA) is 87.7 Å². The van der Waals surface area contributed by atoms with Gasteiger partial charge in [-0.3, -0.25) is 15.0 Å². The number of nitrogens with zero attached hydrogens (tertiary/aromatic N) is 1. The normalized spacial score (nSPS) is 18.8. The van der Waals surface area contributed by atoms with Crippen LogP contribution >= 0.6 is 11.3 Å². The molecule has 0 spiro atoms. The number of anilines is 1. The first-order chi connectivity index (χ1) is 9.42. The average Bonchev–Trinajstić information content (AvgIpc) is 2.91. The molecule has 1 aliphatic heterocycles. The number of aryl methyl sites for hydroxylation is 1. The minimum atomic E-state index is -0.588. The summed E-state index contributed by atoms with van der Waals surface area (Å²) in [7, 11) is 2.91. The molecule has 0 unspecified atom stereocenters. The summed E-state index contributed by atoms with van der Waals surface area (Å²) in [6, 6.07) is 1.07. The highest BCUT2D eigenvalue weighted by atomic mass is 32.1. The third-order valence-electron chi connectivity index (χ3n) is 2.95. The van der Waals surface area contributed by atoms with Gasteiger partial charge < -0.3 is 10.1 Å². The van der Waals surface area contributed by atoms with Crippen LogP contribution in [0.2, 0.25) is 0 Å². The number of amides is 2. The smallest absolute Gasteiger partial charge is 0.340 e. The van der Waals surface area contributed by atoms with Gasteiger partial charge in [0.05, 0.1) is 19.1 Å². The molecule has 1 fully saturated rings. The van der Waals surface area contributed by atoms with Crippen LogP contribution in [0.4, 0.5) is 5.00 Å². The van der Waals surface area contributed by atoms with Crippen molar-refractivity contribution in [2.45, 2.75) is 19.4 Å². The third-order valence-corrected chi connectivity index (χ3v) is 3.91. The highest BCUT2D eigenvalue weighted by Gasteiger charge is 2.33. The monoisotopic (exact) mass is 297 g/mol. The second-order valence-corrected chi connectivity index (χ2v) is 5.70. The molecular weight excluding hydrogens is 282 g/mol. The van der Waals surface area contributed by atoms with Gasteiger partial charge in [-0.1, -0.05) is 0 Å². The second-order valence-electron chi connectivity index (χ2n) is 4.45. The fourth-order valence-corrected chi connectivity index (χ4v) is 2.87. The summed E-state index contributed by atoms with van der Waals surface area (Å²) in [6.45, 7) is 1.83. The number of hydrazine groups is 1. The Labute approximate surface area is 119 Å². The van der Waals surface area contributed by atoms with Crippen molar-refractivity contribution in [1.82, 2.24) is 10.4 Å². The molecule has 1 aromatic heterocycles. The van der Waals surface area contributed by atoms with E-state index in [1.165, 1.54) is 23.5 Å². The number of rotatable bonds is 3. The Morgan fingerprint density at radius 3 is 2.80 bits per heavy atom. The average molecular weight is 297 g/mol. The van der Waals surface area contributed by atoms with E-state index < -0.39 is 12.0 Å². The van der Waals surface area contributed by atoms with Crippen molar-refractivity contribution in [3.8, 4) is 0 Å². The van der Waals surface area contributed by atoms with E-state index in [9.17, 15) is 14.4 Å². The van der Waals surface area contributed by atoms with Crippen molar-refractivity contribution >= 4 is 34.1 Å². The summed E-state index contributed by atoms with van der Waals surface area (Å²) >= 11 is 1.29. The van der Waals surface area contributed by atoms with E-state index in [2.05, 4.69) is 15.5 Å². The molecule has 20 heavy (non-hydrogen) atoms. The van der Waals surface area contributed by atoms with E-state index in [4.69, 9.17) is 0 Å². The van der Waals surface area contributed by atoms with Gasteiger partial charge in [-0.2, -0.15) is 0 Å². The van der Waals surface area contributed by atoms with E-state index in [0.717, 1.165) is 4.88 Å². The first-order valence-corrected chi connectivity index (χ1v) is 6.76. The molecule has 2 rings (SSSR count). The summed E-state index contributed by atoms with van der Waals surface area (Å²) in [5.41, 5.74) is 2.86. The molecule has 2 amide bonds. The zero-order valence-corrected chi connectivity index (χ0v) is 12.2. The molecule has 0 aromatic carbocycles. The van der Waals surface area contributed by atoms with Crippen LogP contribution < -0.4 is 10.7 Å². The van der Waals surface area contributed by atoms with E-state index in [1.54, 1.807) is 13.1 Å². The standard InChI is InChI=1S/C12H15N3O4S/c1-6-4-7(12(18)19-3)11(20-6)13-10(17)8-5-9(16)14-15(8)2/h4,8H,5H2,1-3H3,(H,13,17)(H,14,16)/t8-/m0/s1. The van der Waals surface area contributed by atoms with Gasteiger partial charge >= 0.3 is 5.97 Å². The molecule has 0 radical (unpaired) electrons. The number of ether oxygens (including phenoxy) is 1. The second kappa shape index (κ2) is 5.59. The summed E-state index contributed by atoms with van der Waals surface area (Å²) < 4.78 is 4.68. The molecule has 7 nitrogen and oxygen atoms in total. The van der Waals surface area contributed by atoms with Gasteiger partial charge in [0.15, 0.2) is 0 Å². The van der Waals surface area contributed by atoms with E-state index in [0.29, 0.717) is 10.6 Å². The molecule has 1 aliphatic rings. The van der Waals surface area contributed by atoms with Crippen LogP contribution in [0.3, 0.4) is 0 Å². The molecule has 0 saturated carbocycles. The molecule has 8 heteroatoms. The molecule has 2 heterocycles. The number of carbonyl (C=O) groups excluding carboxylic acids is 3. The molecule has 1 atom stereocenters. The SMILES string of the molecule is COC(=O)c1cc(C)sc1NC(=O)[C@@H]1CC(=O)NN1C. The molecule has 0 aliphatic carbocycles.